The highest BCUT2D eigenvalue weighted by molar-refractivity contribution is 8.01. The molecule has 1 spiro atoms. The molecule has 1 aromatic heterocycles. The van der Waals surface area contributed by atoms with Crippen molar-refractivity contribution in [3.8, 4) is 0 Å². The Labute approximate surface area is 153 Å². The van der Waals surface area contributed by atoms with Crippen LogP contribution in [0.5, 0.6) is 0 Å². The highest BCUT2D eigenvalue weighted by Gasteiger charge is 2.50. The molecule has 0 N–H and O–H groups in total. The maximum atomic E-state index is 12.3. The van der Waals surface area contributed by atoms with Crippen LogP contribution in [0.25, 0.3) is 0 Å². The number of carbonyl (C=O) groups is 1. The zero-order valence-electron chi connectivity index (χ0n) is 14.6. The standard InChI is InChI=1S/C19H26N2O3S/c22-18(11-24-16-6-1-2-7-16)21-13-19(14-21)9-17(12-25-19)23-10-15-5-3-4-8-20-15/h3-5,8,16-17H,1-2,6-7,9-14H2/t17-/m1/s1. The molecule has 136 valence electrons. The van der Waals surface area contributed by atoms with Crippen LogP contribution < -0.4 is 0 Å². The Balaban J connectivity index is 1.17. The summed E-state index contributed by atoms with van der Waals surface area (Å²) in [6.45, 7) is 2.51. The third-order valence-electron chi connectivity index (χ3n) is 5.42. The second-order valence-corrected chi connectivity index (χ2v) is 8.91. The van der Waals surface area contributed by atoms with Crippen molar-refractivity contribution in [1.82, 2.24) is 9.88 Å². The molecule has 0 unspecified atom stereocenters. The van der Waals surface area contributed by atoms with Crippen molar-refractivity contribution in [3.63, 3.8) is 0 Å². The average Bonchev–Trinajstić information content (AvgIpc) is 3.27. The molecule has 5 nitrogen and oxygen atoms in total. The number of nitrogens with zero attached hydrogens (tertiary/aromatic N) is 2. The van der Waals surface area contributed by atoms with E-state index in [0.29, 0.717) is 12.7 Å². The average molecular weight is 362 g/mol. The van der Waals surface area contributed by atoms with Crippen molar-refractivity contribution in [2.45, 2.75) is 55.7 Å². The summed E-state index contributed by atoms with van der Waals surface area (Å²) in [6.07, 6.45) is 8.10. The first-order chi connectivity index (χ1) is 12.2. The molecule has 4 rings (SSSR count). The summed E-state index contributed by atoms with van der Waals surface area (Å²) < 4.78 is 12.0. The van der Waals surface area contributed by atoms with E-state index >= 15 is 0 Å². The minimum atomic E-state index is 0.149. The second kappa shape index (κ2) is 7.64. The summed E-state index contributed by atoms with van der Waals surface area (Å²) in [5.74, 6) is 1.16. The summed E-state index contributed by atoms with van der Waals surface area (Å²) in [5, 5.41) is 0. The van der Waals surface area contributed by atoms with Gasteiger partial charge in [0.2, 0.25) is 5.91 Å². The number of pyridine rings is 1. The predicted molar refractivity (Wildman–Crippen MR) is 97.4 cm³/mol. The lowest BCUT2D eigenvalue weighted by molar-refractivity contribution is -0.143. The summed E-state index contributed by atoms with van der Waals surface area (Å²) in [4.78, 5) is 18.5. The number of carbonyl (C=O) groups excluding carboxylic acids is 1. The Bertz CT molecular complexity index is 586. The van der Waals surface area contributed by atoms with Gasteiger partial charge in [0.15, 0.2) is 0 Å². The fourth-order valence-corrected chi connectivity index (χ4v) is 5.53. The van der Waals surface area contributed by atoms with E-state index in [1.54, 1.807) is 6.20 Å². The van der Waals surface area contributed by atoms with Gasteiger partial charge in [-0.05, 0) is 31.4 Å². The molecule has 3 aliphatic rings. The largest absolute Gasteiger partial charge is 0.371 e. The molecule has 0 aromatic carbocycles. The molecule has 1 aliphatic carbocycles. The molecule has 0 radical (unpaired) electrons. The smallest absolute Gasteiger partial charge is 0.248 e. The molecule has 1 saturated carbocycles. The van der Waals surface area contributed by atoms with Crippen LogP contribution in [0.15, 0.2) is 24.4 Å². The van der Waals surface area contributed by atoms with E-state index < -0.39 is 0 Å². The number of hydrogen-bond donors (Lipinski definition) is 0. The molecule has 2 aliphatic heterocycles. The summed E-state index contributed by atoms with van der Waals surface area (Å²) in [7, 11) is 0. The fraction of sp³-hybridized carbons (Fsp3) is 0.684. The molecule has 0 bridgehead atoms. The Hall–Kier alpha value is -1.11. The Morgan fingerprint density at radius 2 is 2.08 bits per heavy atom. The maximum absolute atomic E-state index is 12.3. The van der Waals surface area contributed by atoms with Crippen LogP contribution in [0, 0.1) is 0 Å². The van der Waals surface area contributed by atoms with Crippen LogP contribution in [0.2, 0.25) is 0 Å². The number of aromatic nitrogens is 1. The van der Waals surface area contributed by atoms with Gasteiger partial charge in [-0.15, -0.1) is 11.8 Å². The normalized spacial score (nSPS) is 25.4. The van der Waals surface area contributed by atoms with Crippen LogP contribution in [0.4, 0.5) is 0 Å². The SMILES string of the molecule is O=C(COC1CCCC1)N1CC2(C[C@@H](OCc3ccccn3)CS2)C1. The molecule has 1 atom stereocenters. The minimum absolute atomic E-state index is 0.149. The zero-order valence-corrected chi connectivity index (χ0v) is 15.4. The van der Waals surface area contributed by atoms with Crippen LogP contribution in [0.1, 0.15) is 37.8 Å². The second-order valence-electron chi connectivity index (χ2n) is 7.42. The third kappa shape index (κ3) is 4.18. The maximum Gasteiger partial charge on any atom is 0.248 e. The van der Waals surface area contributed by atoms with E-state index in [4.69, 9.17) is 9.47 Å². The van der Waals surface area contributed by atoms with Gasteiger partial charge >= 0.3 is 0 Å². The molecular formula is C19H26N2O3S. The molecule has 1 aromatic rings. The van der Waals surface area contributed by atoms with Gasteiger partial charge in [-0.1, -0.05) is 18.9 Å². The van der Waals surface area contributed by atoms with Crippen molar-refractivity contribution >= 4 is 17.7 Å². The molecule has 3 heterocycles. The number of hydrogen-bond acceptors (Lipinski definition) is 5. The van der Waals surface area contributed by atoms with E-state index in [2.05, 4.69) is 4.98 Å². The van der Waals surface area contributed by atoms with Crippen molar-refractivity contribution in [3.05, 3.63) is 30.1 Å². The van der Waals surface area contributed by atoms with Gasteiger partial charge in [-0.25, -0.2) is 0 Å². The van der Waals surface area contributed by atoms with Crippen molar-refractivity contribution in [2.75, 3.05) is 25.4 Å². The van der Waals surface area contributed by atoms with Crippen LogP contribution in [-0.4, -0.2) is 58.2 Å². The summed E-state index contributed by atoms with van der Waals surface area (Å²) >= 11 is 1.96. The molecular weight excluding hydrogens is 336 g/mol. The van der Waals surface area contributed by atoms with Gasteiger partial charge in [-0.2, -0.15) is 0 Å². The van der Waals surface area contributed by atoms with E-state index in [1.807, 2.05) is 34.9 Å². The lowest BCUT2D eigenvalue weighted by Gasteiger charge is -2.47. The lowest BCUT2D eigenvalue weighted by Crippen LogP contribution is -2.61. The van der Waals surface area contributed by atoms with E-state index in [9.17, 15) is 4.79 Å². The van der Waals surface area contributed by atoms with Crippen LogP contribution in [-0.2, 0) is 20.9 Å². The molecule has 3 fully saturated rings. The van der Waals surface area contributed by atoms with Gasteiger partial charge in [0, 0.05) is 25.0 Å². The predicted octanol–water partition coefficient (Wildman–Crippen LogP) is 2.64. The Morgan fingerprint density at radius 1 is 1.24 bits per heavy atom. The molecule has 1 amide bonds. The molecule has 6 heteroatoms. The highest BCUT2D eigenvalue weighted by Crippen LogP contribution is 2.46. The van der Waals surface area contributed by atoms with Gasteiger partial charge in [0.1, 0.15) is 6.61 Å². The Kier molecular flexibility index (Phi) is 5.29. The van der Waals surface area contributed by atoms with E-state index in [-0.39, 0.29) is 23.4 Å². The fourth-order valence-electron chi connectivity index (χ4n) is 3.98. The van der Waals surface area contributed by atoms with Gasteiger partial charge in [0.05, 0.1) is 29.3 Å². The third-order valence-corrected chi connectivity index (χ3v) is 7.00. The molecule has 2 saturated heterocycles. The number of likely N-dealkylation sites (tertiary alicyclic amines) is 1. The van der Waals surface area contributed by atoms with E-state index in [1.165, 1.54) is 12.8 Å². The number of thioether (sulfide) groups is 1. The van der Waals surface area contributed by atoms with Crippen LogP contribution in [0.3, 0.4) is 0 Å². The first-order valence-corrected chi connectivity index (χ1v) is 10.3. The molecule has 25 heavy (non-hydrogen) atoms. The van der Waals surface area contributed by atoms with Crippen molar-refractivity contribution in [1.29, 1.82) is 0 Å². The van der Waals surface area contributed by atoms with Crippen molar-refractivity contribution in [2.24, 2.45) is 0 Å². The summed E-state index contributed by atoms with van der Waals surface area (Å²) in [6, 6.07) is 5.89. The number of amides is 1. The van der Waals surface area contributed by atoms with Gasteiger partial charge < -0.3 is 14.4 Å². The quantitative estimate of drug-likeness (QED) is 0.779. The summed E-state index contributed by atoms with van der Waals surface area (Å²) in [5.41, 5.74) is 0.975. The number of rotatable bonds is 6. The first kappa shape index (κ1) is 17.3. The van der Waals surface area contributed by atoms with Crippen LogP contribution >= 0.6 is 11.8 Å². The highest BCUT2D eigenvalue weighted by atomic mass is 32.2. The zero-order chi connectivity index (χ0) is 17.1. The van der Waals surface area contributed by atoms with Crippen molar-refractivity contribution < 1.29 is 14.3 Å². The topological polar surface area (TPSA) is 51.7 Å². The minimum Gasteiger partial charge on any atom is -0.371 e. The lowest BCUT2D eigenvalue weighted by atomic mass is 9.93. The van der Waals surface area contributed by atoms with Gasteiger partial charge in [0.25, 0.3) is 0 Å². The monoisotopic (exact) mass is 362 g/mol. The van der Waals surface area contributed by atoms with E-state index in [0.717, 1.165) is 43.8 Å². The van der Waals surface area contributed by atoms with Gasteiger partial charge in [-0.3, -0.25) is 9.78 Å². The Morgan fingerprint density at radius 3 is 2.84 bits per heavy atom. The number of ether oxygens (including phenoxy) is 2. The first-order valence-electron chi connectivity index (χ1n) is 9.27.